The molecule has 1 atom stereocenters. The molecule has 0 spiro atoms. The van der Waals surface area contributed by atoms with E-state index in [2.05, 4.69) is 0 Å². The van der Waals surface area contributed by atoms with Crippen molar-refractivity contribution in [3.63, 3.8) is 0 Å². The van der Waals surface area contributed by atoms with Crippen molar-refractivity contribution >= 4 is 11.8 Å². The minimum atomic E-state index is -0.814. The molecule has 1 rings (SSSR count). The summed E-state index contributed by atoms with van der Waals surface area (Å²) < 4.78 is 0. The number of carboxylic acid groups (broad SMARTS) is 1. The maximum absolute atomic E-state index is 11.7. The van der Waals surface area contributed by atoms with Crippen molar-refractivity contribution in [1.29, 1.82) is 0 Å². The molecule has 1 aliphatic carbocycles. The SMILES string of the molecule is C/C(=C\C(=O)CC(C)C)[C@H]1CC=C(C(=O)O)CC1. The highest BCUT2D eigenvalue weighted by Gasteiger charge is 2.19. The molecule has 0 unspecified atom stereocenters. The minimum absolute atomic E-state index is 0.176. The van der Waals surface area contributed by atoms with Crippen molar-refractivity contribution in [2.45, 2.75) is 46.5 Å². The molecule has 0 radical (unpaired) electrons. The Kier molecular flexibility index (Phi) is 5.32. The standard InChI is InChI=1S/C15H22O3/c1-10(2)8-14(16)9-11(3)12-4-6-13(7-5-12)15(17)18/h6,9-10,12H,4-5,7-8H2,1-3H3,(H,17,18)/b11-9+/t12-/m0/s1. The second-order valence-electron chi connectivity index (χ2n) is 5.46. The number of carbonyl (C=O) groups is 2. The molecule has 0 aromatic heterocycles. The summed E-state index contributed by atoms with van der Waals surface area (Å²) in [5, 5.41) is 8.87. The zero-order chi connectivity index (χ0) is 13.7. The Morgan fingerprint density at radius 1 is 1.50 bits per heavy atom. The fourth-order valence-corrected chi connectivity index (χ4v) is 2.28. The van der Waals surface area contributed by atoms with Gasteiger partial charge < -0.3 is 5.11 Å². The van der Waals surface area contributed by atoms with Crippen LogP contribution in [0.5, 0.6) is 0 Å². The van der Waals surface area contributed by atoms with Gasteiger partial charge in [0.05, 0.1) is 0 Å². The number of hydrogen-bond donors (Lipinski definition) is 1. The Morgan fingerprint density at radius 3 is 2.61 bits per heavy atom. The van der Waals surface area contributed by atoms with Crippen molar-refractivity contribution in [1.82, 2.24) is 0 Å². The van der Waals surface area contributed by atoms with E-state index in [1.54, 1.807) is 12.2 Å². The summed E-state index contributed by atoms with van der Waals surface area (Å²) in [5.41, 5.74) is 1.59. The molecule has 0 fully saturated rings. The molecule has 0 aliphatic heterocycles. The zero-order valence-electron chi connectivity index (χ0n) is 11.4. The number of aliphatic carboxylic acids is 1. The van der Waals surface area contributed by atoms with Gasteiger partial charge in [-0.25, -0.2) is 4.79 Å². The van der Waals surface area contributed by atoms with Gasteiger partial charge in [-0.3, -0.25) is 4.79 Å². The number of hydrogen-bond acceptors (Lipinski definition) is 2. The summed E-state index contributed by atoms with van der Waals surface area (Å²) in [6.07, 6.45) is 6.28. The van der Waals surface area contributed by atoms with E-state index < -0.39 is 5.97 Å². The van der Waals surface area contributed by atoms with Crippen molar-refractivity contribution in [3.05, 3.63) is 23.3 Å². The van der Waals surface area contributed by atoms with E-state index >= 15 is 0 Å². The minimum Gasteiger partial charge on any atom is -0.478 e. The topological polar surface area (TPSA) is 54.4 Å². The molecule has 0 amide bonds. The molecule has 0 heterocycles. The molecular weight excluding hydrogens is 228 g/mol. The van der Waals surface area contributed by atoms with Gasteiger partial charge in [-0.2, -0.15) is 0 Å². The molecule has 1 aliphatic rings. The fourth-order valence-electron chi connectivity index (χ4n) is 2.28. The van der Waals surface area contributed by atoms with Crippen LogP contribution in [0.1, 0.15) is 46.5 Å². The van der Waals surface area contributed by atoms with Crippen LogP contribution in [0.3, 0.4) is 0 Å². The molecule has 0 bridgehead atoms. The third-order valence-electron chi connectivity index (χ3n) is 3.33. The lowest BCUT2D eigenvalue weighted by molar-refractivity contribution is -0.133. The number of ketones is 1. The summed E-state index contributed by atoms with van der Waals surface area (Å²) in [4.78, 5) is 22.5. The van der Waals surface area contributed by atoms with Crippen LogP contribution in [0.15, 0.2) is 23.3 Å². The Hall–Kier alpha value is -1.38. The monoisotopic (exact) mass is 250 g/mol. The van der Waals surface area contributed by atoms with Crippen LogP contribution in [0, 0.1) is 11.8 Å². The molecule has 3 heteroatoms. The Balaban J connectivity index is 2.59. The second kappa shape index (κ2) is 6.53. The van der Waals surface area contributed by atoms with Gasteiger partial charge in [-0.15, -0.1) is 0 Å². The molecule has 0 saturated carbocycles. The predicted molar refractivity (Wildman–Crippen MR) is 71.3 cm³/mol. The smallest absolute Gasteiger partial charge is 0.331 e. The second-order valence-corrected chi connectivity index (χ2v) is 5.46. The first kappa shape index (κ1) is 14.7. The predicted octanol–water partition coefficient (Wildman–Crippen LogP) is 3.36. The molecule has 0 aromatic rings. The van der Waals surface area contributed by atoms with E-state index in [0.717, 1.165) is 18.4 Å². The average Bonchev–Trinajstić information content (AvgIpc) is 2.27. The van der Waals surface area contributed by atoms with E-state index in [1.807, 2.05) is 20.8 Å². The number of rotatable bonds is 5. The van der Waals surface area contributed by atoms with Gasteiger partial charge in [0.25, 0.3) is 0 Å². The molecular formula is C15H22O3. The lowest BCUT2D eigenvalue weighted by atomic mass is 9.84. The van der Waals surface area contributed by atoms with E-state index in [4.69, 9.17) is 5.11 Å². The highest BCUT2D eigenvalue weighted by Crippen LogP contribution is 2.29. The summed E-state index contributed by atoms with van der Waals surface area (Å²) in [5.74, 6) is 0.0668. The van der Waals surface area contributed by atoms with Gasteiger partial charge in [0.2, 0.25) is 0 Å². The van der Waals surface area contributed by atoms with Crippen molar-refractivity contribution < 1.29 is 14.7 Å². The largest absolute Gasteiger partial charge is 0.478 e. The molecule has 0 aromatic carbocycles. The summed E-state index contributed by atoms with van der Waals surface area (Å²) in [7, 11) is 0. The third kappa shape index (κ3) is 4.47. The van der Waals surface area contributed by atoms with Crippen LogP contribution in [0.2, 0.25) is 0 Å². The third-order valence-corrected chi connectivity index (χ3v) is 3.33. The quantitative estimate of drug-likeness (QED) is 0.761. The van der Waals surface area contributed by atoms with E-state index in [1.165, 1.54) is 0 Å². The highest BCUT2D eigenvalue weighted by molar-refractivity contribution is 5.90. The molecule has 100 valence electrons. The maximum atomic E-state index is 11.7. The van der Waals surface area contributed by atoms with E-state index in [-0.39, 0.29) is 5.78 Å². The van der Waals surface area contributed by atoms with Crippen molar-refractivity contribution in [2.24, 2.45) is 11.8 Å². The van der Waals surface area contributed by atoms with Crippen LogP contribution in [0.25, 0.3) is 0 Å². The van der Waals surface area contributed by atoms with Gasteiger partial charge in [-0.05, 0) is 44.1 Å². The van der Waals surface area contributed by atoms with Gasteiger partial charge in [0.15, 0.2) is 5.78 Å². The normalized spacial score (nSPS) is 20.8. The number of carboxylic acids is 1. The van der Waals surface area contributed by atoms with Crippen LogP contribution < -0.4 is 0 Å². The van der Waals surface area contributed by atoms with Gasteiger partial charge in [0, 0.05) is 12.0 Å². The van der Waals surface area contributed by atoms with Crippen molar-refractivity contribution in [2.75, 3.05) is 0 Å². The number of allylic oxidation sites excluding steroid dienone is 3. The lowest BCUT2D eigenvalue weighted by Crippen LogP contribution is -2.12. The molecule has 3 nitrogen and oxygen atoms in total. The first-order valence-electron chi connectivity index (χ1n) is 6.53. The number of carbonyl (C=O) groups excluding carboxylic acids is 1. The molecule has 1 N–H and O–H groups in total. The van der Waals surface area contributed by atoms with Gasteiger partial charge >= 0.3 is 5.97 Å². The summed E-state index contributed by atoms with van der Waals surface area (Å²) in [6.45, 7) is 6.04. The molecule has 18 heavy (non-hydrogen) atoms. The van der Waals surface area contributed by atoms with E-state index in [0.29, 0.717) is 30.3 Å². The van der Waals surface area contributed by atoms with Gasteiger partial charge in [-0.1, -0.05) is 25.5 Å². The lowest BCUT2D eigenvalue weighted by Gasteiger charge is -2.21. The fraction of sp³-hybridized carbons (Fsp3) is 0.600. The van der Waals surface area contributed by atoms with E-state index in [9.17, 15) is 9.59 Å². The summed E-state index contributed by atoms with van der Waals surface area (Å²) >= 11 is 0. The van der Waals surface area contributed by atoms with Gasteiger partial charge in [0.1, 0.15) is 0 Å². The Labute approximate surface area is 109 Å². The first-order chi connectivity index (χ1) is 8.40. The summed E-state index contributed by atoms with van der Waals surface area (Å²) in [6, 6.07) is 0. The Morgan fingerprint density at radius 2 is 2.17 bits per heavy atom. The van der Waals surface area contributed by atoms with Crippen LogP contribution in [-0.4, -0.2) is 16.9 Å². The highest BCUT2D eigenvalue weighted by atomic mass is 16.4. The van der Waals surface area contributed by atoms with Crippen LogP contribution >= 0.6 is 0 Å². The first-order valence-corrected chi connectivity index (χ1v) is 6.53. The Bertz CT molecular complexity index is 389. The van der Waals surface area contributed by atoms with Crippen LogP contribution in [0.4, 0.5) is 0 Å². The average molecular weight is 250 g/mol. The van der Waals surface area contributed by atoms with Crippen molar-refractivity contribution in [3.8, 4) is 0 Å². The van der Waals surface area contributed by atoms with Crippen LogP contribution in [-0.2, 0) is 9.59 Å². The zero-order valence-corrected chi connectivity index (χ0v) is 11.4. The maximum Gasteiger partial charge on any atom is 0.331 e. The molecule has 0 saturated heterocycles.